The average molecular weight is 541 g/mol. The van der Waals surface area contributed by atoms with Crippen molar-refractivity contribution in [2.45, 2.75) is 65.2 Å². The Morgan fingerprint density at radius 3 is 1.27 bits per heavy atom. The Labute approximate surface area is 237 Å². The highest BCUT2D eigenvalue weighted by atomic mass is 16.5. The number of carbonyl (C=O) groups excluding carboxylic acids is 2. The summed E-state index contributed by atoms with van der Waals surface area (Å²) in [5.74, 6) is 0.872. The molecule has 0 unspecified atom stereocenters. The highest BCUT2D eigenvalue weighted by molar-refractivity contribution is 6.42. The molecule has 0 radical (unpaired) electrons. The van der Waals surface area contributed by atoms with Crippen LogP contribution in [0.15, 0.2) is 83.2 Å². The van der Waals surface area contributed by atoms with Gasteiger partial charge in [0.1, 0.15) is 11.5 Å². The van der Waals surface area contributed by atoms with Gasteiger partial charge in [-0.05, 0) is 60.4 Å². The summed E-state index contributed by atoms with van der Waals surface area (Å²) in [5.41, 5.74) is 15.7. The van der Waals surface area contributed by atoms with Gasteiger partial charge in [0.15, 0.2) is 11.6 Å². The van der Waals surface area contributed by atoms with E-state index in [1.165, 1.54) is 25.7 Å². The van der Waals surface area contributed by atoms with E-state index in [0.29, 0.717) is 35.5 Å². The topological polar surface area (TPSA) is 105 Å². The van der Waals surface area contributed by atoms with Crippen molar-refractivity contribution in [1.29, 1.82) is 0 Å². The summed E-state index contributed by atoms with van der Waals surface area (Å²) >= 11 is 0. The molecule has 210 valence electrons. The minimum Gasteiger partial charge on any atom is -0.494 e. The van der Waals surface area contributed by atoms with Gasteiger partial charge in [-0.2, -0.15) is 0 Å². The molecule has 0 saturated heterocycles. The molecular weight excluding hydrogens is 500 g/mol. The van der Waals surface area contributed by atoms with Crippen LogP contribution in [0.25, 0.3) is 11.1 Å². The lowest BCUT2D eigenvalue weighted by molar-refractivity contribution is -0.113. The van der Waals surface area contributed by atoms with Crippen LogP contribution >= 0.6 is 0 Å². The fourth-order valence-corrected chi connectivity index (χ4v) is 4.96. The van der Waals surface area contributed by atoms with Crippen LogP contribution in [0, 0.1) is 0 Å². The second-order valence-electron chi connectivity index (χ2n) is 10.3. The fourth-order valence-electron chi connectivity index (χ4n) is 4.96. The van der Waals surface area contributed by atoms with E-state index in [4.69, 9.17) is 20.9 Å². The Bertz CT molecular complexity index is 1240. The summed E-state index contributed by atoms with van der Waals surface area (Å²) in [5, 5.41) is 0. The zero-order valence-electron chi connectivity index (χ0n) is 23.6. The van der Waals surface area contributed by atoms with Gasteiger partial charge in [-0.3, -0.25) is 9.59 Å². The molecule has 0 heterocycles. The minimum atomic E-state index is -0.314. The van der Waals surface area contributed by atoms with E-state index in [0.717, 1.165) is 37.2 Å². The number of unbranched alkanes of at least 4 members (excludes halogenated alkanes) is 6. The third-order valence-electron chi connectivity index (χ3n) is 7.23. The van der Waals surface area contributed by atoms with E-state index in [2.05, 4.69) is 13.8 Å². The summed E-state index contributed by atoms with van der Waals surface area (Å²) in [4.78, 5) is 27.1. The van der Waals surface area contributed by atoms with Crippen molar-refractivity contribution < 1.29 is 19.1 Å². The van der Waals surface area contributed by atoms with Crippen LogP contribution in [0.2, 0.25) is 0 Å². The van der Waals surface area contributed by atoms with E-state index in [-0.39, 0.29) is 34.1 Å². The predicted octanol–water partition coefficient (Wildman–Crippen LogP) is 6.66. The molecule has 0 bridgehead atoms. The van der Waals surface area contributed by atoms with Crippen molar-refractivity contribution >= 4 is 22.7 Å². The molecule has 4 rings (SSSR count). The van der Waals surface area contributed by atoms with Gasteiger partial charge in [0.05, 0.1) is 24.4 Å². The van der Waals surface area contributed by atoms with Gasteiger partial charge in [0.2, 0.25) is 0 Å². The van der Waals surface area contributed by atoms with Crippen LogP contribution < -0.4 is 20.9 Å². The zero-order chi connectivity index (χ0) is 28.5. The molecule has 0 saturated carbocycles. The first kappa shape index (κ1) is 28.9. The number of nitrogens with two attached hydrogens (primary N) is 2. The normalized spacial score (nSPS) is 15.2. The second kappa shape index (κ2) is 13.8. The number of hydrogen-bond donors (Lipinski definition) is 2. The van der Waals surface area contributed by atoms with Crippen molar-refractivity contribution in [3.8, 4) is 11.5 Å². The fraction of sp³-hybridized carbons (Fsp3) is 0.353. The molecule has 0 aliphatic heterocycles. The van der Waals surface area contributed by atoms with E-state index in [9.17, 15) is 9.59 Å². The molecule has 0 aromatic heterocycles. The minimum absolute atomic E-state index is 0.159. The first-order valence-corrected chi connectivity index (χ1v) is 14.4. The zero-order valence-corrected chi connectivity index (χ0v) is 23.6. The quantitative estimate of drug-likeness (QED) is 0.260. The van der Waals surface area contributed by atoms with Gasteiger partial charge in [-0.15, -0.1) is 0 Å². The van der Waals surface area contributed by atoms with Gasteiger partial charge < -0.3 is 20.9 Å². The summed E-state index contributed by atoms with van der Waals surface area (Å²) < 4.78 is 11.7. The maximum absolute atomic E-state index is 13.5. The first-order chi connectivity index (χ1) is 19.4. The number of rotatable bonds is 14. The monoisotopic (exact) mass is 540 g/mol. The lowest BCUT2D eigenvalue weighted by atomic mass is 9.78. The average Bonchev–Trinajstić information content (AvgIpc) is 2.96. The highest BCUT2D eigenvalue weighted by Gasteiger charge is 2.36. The molecule has 2 aliphatic rings. The SMILES string of the molecule is CCCCCCOc1ccc(C2=CC(N)=C3C(=O)C(c4ccc(OCCCCCC)cc4)=CC(N)=C3C2=O)cc1. The number of ketones is 2. The van der Waals surface area contributed by atoms with E-state index >= 15 is 0 Å². The van der Waals surface area contributed by atoms with E-state index in [1.54, 1.807) is 12.2 Å². The van der Waals surface area contributed by atoms with Crippen LogP contribution in [0.5, 0.6) is 11.5 Å². The molecule has 2 aliphatic carbocycles. The van der Waals surface area contributed by atoms with Crippen LogP contribution in [-0.2, 0) is 9.59 Å². The Morgan fingerprint density at radius 2 is 0.925 bits per heavy atom. The standard InChI is InChI=1S/C34H40N2O4/c1-3-5-7-9-19-39-25-15-11-23(12-16-25)27-21-29(35)32-31(33(27)37)30(36)22-28(34(32)38)24-13-17-26(18-14-24)40-20-10-8-6-4-2/h11-18,21-22H,3-10,19-20,35-36H2,1-2H3. The Kier molecular flexibility index (Phi) is 10.0. The third kappa shape index (κ3) is 6.74. The van der Waals surface area contributed by atoms with Crippen LogP contribution in [0.3, 0.4) is 0 Å². The largest absolute Gasteiger partial charge is 0.494 e. The molecular formula is C34H40N2O4. The molecule has 0 fully saturated rings. The van der Waals surface area contributed by atoms with Crippen LogP contribution in [-0.4, -0.2) is 24.8 Å². The van der Waals surface area contributed by atoms with Crippen LogP contribution in [0.4, 0.5) is 0 Å². The number of Topliss-reactive ketones (excluding diaryl/α,β-unsaturated/α-hetero) is 2. The van der Waals surface area contributed by atoms with Crippen LogP contribution in [0.1, 0.15) is 76.3 Å². The maximum atomic E-state index is 13.5. The molecule has 0 atom stereocenters. The van der Waals surface area contributed by atoms with Gasteiger partial charge >= 0.3 is 0 Å². The number of carbonyl (C=O) groups is 2. The van der Waals surface area contributed by atoms with Gasteiger partial charge in [-0.1, -0.05) is 76.6 Å². The summed E-state index contributed by atoms with van der Waals surface area (Å²) in [6, 6.07) is 14.7. The van der Waals surface area contributed by atoms with Gasteiger partial charge in [-0.25, -0.2) is 0 Å². The number of allylic oxidation sites excluding steroid dienone is 6. The smallest absolute Gasteiger partial charge is 0.196 e. The molecule has 6 heteroatoms. The molecule has 2 aromatic rings. The first-order valence-electron chi connectivity index (χ1n) is 14.4. The molecule has 0 spiro atoms. The molecule has 2 aromatic carbocycles. The number of ether oxygens (including phenoxy) is 2. The van der Waals surface area contributed by atoms with E-state index in [1.807, 2.05) is 48.5 Å². The number of fused-ring (bicyclic) bond motifs is 1. The predicted molar refractivity (Wildman–Crippen MR) is 161 cm³/mol. The molecule has 0 amide bonds. The number of hydrogen-bond acceptors (Lipinski definition) is 6. The molecule has 6 nitrogen and oxygen atoms in total. The Balaban J connectivity index is 1.49. The summed E-state index contributed by atoms with van der Waals surface area (Å²) in [6.07, 6.45) is 12.2. The second-order valence-corrected chi connectivity index (χ2v) is 10.3. The Morgan fingerprint density at radius 1 is 0.550 bits per heavy atom. The van der Waals surface area contributed by atoms with Crippen molar-refractivity contribution in [3.63, 3.8) is 0 Å². The maximum Gasteiger partial charge on any atom is 0.196 e. The molecule has 4 N–H and O–H groups in total. The third-order valence-corrected chi connectivity index (χ3v) is 7.23. The molecule has 40 heavy (non-hydrogen) atoms. The number of benzene rings is 2. The summed E-state index contributed by atoms with van der Waals surface area (Å²) in [6.45, 7) is 5.68. The van der Waals surface area contributed by atoms with Crippen molar-refractivity contribution in [2.24, 2.45) is 11.5 Å². The Hall–Kier alpha value is -4.06. The van der Waals surface area contributed by atoms with Crippen molar-refractivity contribution in [1.82, 2.24) is 0 Å². The summed E-state index contributed by atoms with van der Waals surface area (Å²) in [7, 11) is 0. The van der Waals surface area contributed by atoms with Gasteiger partial charge in [0, 0.05) is 22.5 Å². The van der Waals surface area contributed by atoms with Crippen molar-refractivity contribution in [3.05, 3.63) is 94.4 Å². The van der Waals surface area contributed by atoms with Crippen molar-refractivity contribution in [2.75, 3.05) is 13.2 Å². The highest BCUT2D eigenvalue weighted by Crippen LogP contribution is 2.38. The lowest BCUT2D eigenvalue weighted by Crippen LogP contribution is -2.28. The van der Waals surface area contributed by atoms with E-state index < -0.39 is 0 Å². The lowest BCUT2D eigenvalue weighted by Gasteiger charge is -2.25. The van der Waals surface area contributed by atoms with Gasteiger partial charge in [0.25, 0.3) is 0 Å².